The normalized spacial score (nSPS) is 11.9. The van der Waals surface area contributed by atoms with E-state index in [0.29, 0.717) is 27.9 Å². The summed E-state index contributed by atoms with van der Waals surface area (Å²) in [6.07, 6.45) is 0.738. The maximum absolute atomic E-state index is 12.4. The van der Waals surface area contributed by atoms with Gasteiger partial charge in [-0.15, -0.1) is 0 Å². The molecule has 0 atom stereocenters. The summed E-state index contributed by atoms with van der Waals surface area (Å²) in [5.74, 6) is 0.631. The van der Waals surface area contributed by atoms with Crippen LogP contribution in [0.5, 0.6) is 5.75 Å². The van der Waals surface area contributed by atoms with Crippen LogP contribution in [0.2, 0.25) is 0 Å². The second-order valence-electron chi connectivity index (χ2n) is 6.23. The lowest BCUT2D eigenvalue weighted by molar-refractivity contribution is 0.112. The maximum atomic E-state index is 12.4. The fraction of sp³-hybridized carbons (Fsp3) is 0.211. The van der Waals surface area contributed by atoms with E-state index in [1.807, 2.05) is 25.1 Å². The van der Waals surface area contributed by atoms with Crippen LogP contribution < -0.4 is 4.74 Å². The van der Waals surface area contributed by atoms with Crippen molar-refractivity contribution in [3.63, 3.8) is 0 Å². The van der Waals surface area contributed by atoms with E-state index in [0.717, 1.165) is 21.7 Å². The number of hydrogen-bond donors (Lipinski definition) is 1. The van der Waals surface area contributed by atoms with Crippen molar-refractivity contribution in [2.24, 2.45) is 0 Å². The second kappa shape index (κ2) is 6.59. The van der Waals surface area contributed by atoms with E-state index in [1.165, 1.54) is 26.2 Å². The first-order valence-corrected chi connectivity index (χ1v) is 9.42. The van der Waals surface area contributed by atoms with Crippen molar-refractivity contribution in [1.29, 1.82) is 0 Å². The Labute approximate surface area is 152 Å². The molecule has 0 amide bonds. The summed E-state index contributed by atoms with van der Waals surface area (Å²) >= 11 is 0. The van der Waals surface area contributed by atoms with E-state index < -0.39 is 10.0 Å². The lowest BCUT2D eigenvalue weighted by Crippen LogP contribution is -2.22. The smallest absolute Gasteiger partial charge is 0.242 e. The van der Waals surface area contributed by atoms with Gasteiger partial charge in [0.2, 0.25) is 10.0 Å². The van der Waals surface area contributed by atoms with Crippen molar-refractivity contribution in [3.8, 4) is 17.0 Å². The SMILES string of the molecule is COc1ccc(C)cc1-c1[nH]c2ccc(S(=O)(=O)N(C)C)cc2c1C=O. The highest BCUT2D eigenvalue weighted by atomic mass is 32.2. The predicted octanol–water partition coefficient (Wildman–Crippen LogP) is 3.21. The Kier molecular flexibility index (Phi) is 4.60. The average Bonchev–Trinajstić information content (AvgIpc) is 2.99. The number of benzene rings is 2. The third kappa shape index (κ3) is 2.89. The van der Waals surface area contributed by atoms with Gasteiger partial charge in [-0.25, -0.2) is 12.7 Å². The molecule has 0 aliphatic carbocycles. The minimum atomic E-state index is -3.59. The zero-order chi connectivity index (χ0) is 19.1. The number of nitrogens with zero attached hydrogens (tertiary/aromatic N) is 1. The minimum Gasteiger partial charge on any atom is -0.496 e. The van der Waals surface area contributed by atoms with Gasteiger partial charge in [0, 0.05) is 36.1 Å². The molecule has 3 rings (SSSR count). The molecule has 6 nitrogen and oxygen atoms in total. The molecule has 26 heavy (non-hydrogen) atoms. The Hall–Kier alpha value is -2.64. The number of carbonyl (C=O) groups is 1. The lowest BCUT2D eigenvalue weighted by Gasteiger charge is -2.11. The van der Waals surface area contributed by atoms with Gasteiger partial charge in [-0.2, -0.15) is 0 Å². The number of rotatable bonds is 5. The van der Waals surface area contributed by atoms with Crippen molar-refractivity contribution >= 4 is 27.2 Å². The number of nitrogens with one attached hydrogen (secondary N) is 1. The van der Waals surface area contributed by atoms with Gasteiger partial charge in [-0.3, -0.25) is 4.79 Å². The Morgan fingerprint density at radius 2 is 1.85 bits per heavy atom. The van der Waals surface area contributed by atoms with Gasteiger partial charge in [0.15, 0.2) is 6.29 Å². The van der Waals surface area contributed by atoms with Gasteiger partial charge < -0.3 is 9.72 Å². The van der Waals surface area contributed by atoms with E-state index in [9.17, 15) is 13.2 Å². The van der Waals surface area contributed by atoms with Crippen LogP contribution in [0.3, 0.4) is 0 Å². The Balaban J connectivity index is 2.30. The number of aromatic amines is 1. The monoisotopic (exact) mass is 372 g/mol. The summed E-state index contributed by atoms with van der Waals surface area (Å²) in [5.41, 5.74) is 3.47. The highest BCUT2D eigenvalue weighted by molar-refractivity contribution is 7.89. The molecule has 0 unspecified atom stereocenters. The zero-order valence-electron chi connectivity index (χ0n) is 15.0. The number of H-pyrrole nitrogens is 1. The number of hydrogen-bond acceptors (Lipinski definition) is 4. The topological polar surface area (TPSA) is 79.5 Å². The first kappa shape index (κ1) is 18.2. The minimum absolute atomic E-state index is 0.139. The molecule has 3 aromatic rings. The average molecular weight is 372 g/mol. The molecule has 1 aromatic heterocycles. The van der Waals surface area contributed by atoms with Crippen LogP contribution in [0.1, 0.15) is 15.9 Å². The highest BCUT2D eigenvalue weighted by Crippen LogP contribution is 2.36. The molecule has 0 aliphatic heterocycles. The molecule has 1 N–H and O–H groups in total. The van der Waals surface area contributed by atoms with Crippen LogP contribution in [-0.2, 0) is 10.0 Å². The quantitative estimate of drug-likeness (QED) is 0.698. The van der Waals surface area contributed by atoms with Crippen molar-refractivity contribution < 1.29 is 17.9 Å². The first-order valence-electron chi connectivity index (χ1n) is 7.98. The maximum Gasteiger partial charge on any atom is 0.242 e. The highest BCUT2D eigenvalue weighted by Gasteiger charge is 2.21. The third-order valence-corrected chi connectivity index (χ3v) is 6.14. The first-order chi connectivity index (χ1) is 12.3. The second-order valence-corrected chi connectivity index (χ2v) is 8.38. The van der Waals surface area contributed by atoms with Crippen LogP contribution in [0.25, 0.3) is 22.2 Å². The number of aryl methyl sites for hydroxylation is 1. The van der Waals surface area contributed by atoms with Crippen molar-refractivity contribution in [2.45, 2.75) is 11.8 Å². The molecule has 2 aromatic carbocycles. The summed E-state index contributed by atoms with van der Waals surface area (Å²) < 4.78 is 31.4. The standard InChI is InChI=1S/C19H20N2O4S/c1-12-5-8-18(25-4)15(9-12)19-16(11-22)14-10-13(6-7-17(14)20-19)26(23,24)21(2)3/h5-11,20H,1-4H3. The van der Waals surface area contributed by atoms with Gasteiger partial charge in [-0.05, 0) is 37.3 Å². The Morgan fingerprint density at radius 1 is 1.12 bits per heavy atom. The summed E-state index contributed by atoms with van der Waals surface area (Å²) in [6, 6.07) is 10.4. The van der Waals surface area contributed by atoms with E-state index >= 15 is 0 Å². The molecular formula is C19H20N2O4S. The van der Waals surface area contributed by atoms with E-state index in [-0.39, 0.29) is 4.90 Å². The number of sulfonamides is 1. The lowest BCUT2D eigenvalue weighted by atomic mass is 10.0. The molecule has 0 radical (unpaired) electrons. The van der Waals surface area contributed by atoms with Gasteiger partial charge >= 0.3 is 0 Å². The molecule has 0 bridgehead atoms. The van der Waals surface area contributed by atoms with E-state index in [2.05, 4.69) is 4.98 Å². The largest absolute Gasteiger partial charge is 0.496 e. The molecule has 0 fully saturated rings. The molecular weight excluding hydrogens is 352 g/mol. The molecule has 7 heteroatoms. The predicted molar refractivity (Wildman–Crippen MR) is 101 cm³/mol. The molecule has 0 aliphatic rings. The zero-order valence-corrected chi connectivity index (χ0v) is 15.8. The number of carbonyl (C=O) groups excluding carboxylic acids is 1. The molecule has 1 heterocycles. The van der Waals surface area contributed by atoms with Crippen LogP contribution in [0.4, 0.5) is 0 Å². The van der Waals surface area contributed by atoms with Gasteiger partial charge in [0.05, 0.1) is 17.7 Å². The van der Waals surface area contributed by atoms with E-state index in [1.54, 1.807) is 13.2 Å². The number of methoxy groups -OCH3 is 1. The van der Waals surface area contributed by atoms with E-state index in [4.69, 9.17) is 4.74 Å². The summed E-state index contributed by atoms with van der Waals surface area (Å²) in [7, 11) is 0.924. The van der Waals surface area contributed by atoms with Crippen molar-refractivity contribution in [3.05, 3.63) is 47.5 Å². The Bertz CT molecular complexity index is 1100. The van der Waals surface area contributed by atoms with Crippen LogP contribution in [0.15, 0.2) is 41.3 Å². The fourth-order valence-corrected chi connectivity index (χ4v) is 3.84. The van der Waals surface area contributed by atoms with Crippen molar-refractivity contribution in [2.75, 3.05) is 21.2 Å². The number of fused-ring (bicyclic) bond motifs is 1. The molecule has 0 spiro atoms. The summed E-state index contributed by atoms with van der Waals surface area (Å²) in [5, 5.41) is 0.557. The van der Waals surface area contributed by atoms with Crippen LogP contribution in [0, 0.1) is 6.92 Å². The number of ether oxygens (including phenoxy) is 1. The van der Waals surface area contributed by atoms with Crippen LogP contribution in [-0.4, -0.2) is 45.2 Å². The molecule has 0 saturated heterocycles. The molecule has 136 valence electrons. The van der Waals surface area contributed by atoms with Gasteiger partial charge in [-0.1, -0.05) is 11.6 Å². The van der Waals surface area contributed by atoms with Crippen LogP contribution >= 0.6 is 0 Å². The van der Waals surface area contributed by atoms with Gasteiger partial charge in [0.1, 0.15) is 5.75 Å². The fourth-order valence-electron chi connectivity index (χ4n) is 2.92. The molecule has 0 saturated carbocycles. The Morgan fingerprint density at radius 3 is 2.46 bits per heavy atom. The van der Waals surface area contributed by atoms with Gasteiger partial charge in [0.25, 0.3) is 0 Å². The number of aromatic nitrogens is 1. The summed E-state index contributed by atoms with van der Waals surface area (Å²) in [4.78, 5) is 15.2. The summed E-state index contributed by atoms with van der Waals surface area (Å²) in [6.45, 7) is 1.95. The van der Waals surface area contributed by atoms with Crippen molar-refractivity contribution in [1.82, 2.24) is 9.29 Å². The number of aldehydes is 1. The third-order valence-electron chi connectivity index (χ3n) is 4.33.